The molecular weight excluding hydrogens is 124 g/mol. The van der Waals surface area contributed by atoms with Crippen molar-refractivity contribution in [3.63, 3.8) is 0 Å². The van der Waals surface area contributed by atoms with Gasteiger partial charge in [0.2, 0.25) is 0 Å². The van der Waals surface area contributed by atoms with Crippen molar-refractivity contribution in [3.8, 4) is 0 Å². The Bertz CT molecular complexity index is 93.3. The molecule has 0 bridgehead atoms. The maximum Gasteiger partial charge on any atom is 0.0219 e. The van der Waals surface area contributed by atoms with Gasteiger partial charge >= 0.3 is 0 Å². The van der Waals surface area contributed by atoms with E-state index in [2.05, 4.69) is 12.2 Å². The predicted molar refractivity (Wildman–Crippen MR) is 43.9 cm³/mol. The van der Waals surface area contributed by atoms with Crippen molar-refractivity contribution >= 4 is 0 Å². The molecule has 0 aromatic rings. The average molecular weight is 142 g/mol. The van der Waals surface area contributed by atoms with Crippen LogP contribution in [-0.2, 0) is 0 Å². The Balaban J connectivity index is 2.14. The van der Waals surface area contributed by atoms with Crippen LogP contribution in [0.2, 0.25) is 0 Å². The van der Waals surface area contributed by atoms with Gasteiger partial charge in [-0.1, -0.05) is 13.3 Å². The molecule has 60 valence electrons. The summed E-state index contributed by atoms with van der Waals surface area (Å²) in [7, 11) is 0. The van der Waals surface area contributed by atoms with Crippen molar-refractivity contribution in [1.82, 2.24) is 5.32 Å². The van der Waals surface area contributed by atoms with E-state index in [1.54, 1.807) is 0 Å². The van der Waals surface area contributed by atoms with Crippen molar-refractivity contribution in [3.05, 3.63) is 0 Å². The number of hydrogen-bond acceptors (Lipinski definition) is 2. The Morgan fingerprint density at radius 3 is 2.80 bits per heavy atom. The fraction of sp³-hybridized carbons (Fsp3) is 1.00. The summed E-state index contributed by atoms with van der Waals surface area (Å²) in [5, 5.41) is 3.46. The smallest absolute Gasteiger partial charge is 0.0219 e. The Morgan fingerprint density at radius 2 is 2.30 bits per heavy atom. The van der Waals surface area contributed by atoms with Crippen molar-refractivity contribution in [2.45, 2.75) is 44.7 Å². The van der Waals surface area contributed by atoms with Crippen LogP contribution in [0.4, 0.5) is 0 Å². The molecule has 1 aliphatic rings. The lowest BCUT2D eigenvalue weighted by atomic mass is 10.2. The lowest BCUT2D eigenvalue weighted by Crippen LogP contribution is -2.41. The zero-order chi connectivity index (χ0) is 7.40. The monoisotopic (exact) mass is 142 g/mol. The molecule has 0 aliphatic heterocycles. The highest BCUT2D eigenvalue weighted by atomic mass is 15.0. The molecule has 1 saturated carbocycles. The Kier molecular flexibility index (Phi) is 3.16. The van der Waals surface area contributed by atoms with Gasteiger partial charge in [0.25, 0.3) is 0 Å². The molecule has 0 radical (unpaired) electrons. The molecule has 2 heteroatoms. The summed E-state index contributed by atoms with van der Waals surface area (Å²) in [5.74, 6) is 0. The van der Waals surface area contributed by atoms with Crippen LogP contribution in [0.25, 0.3) is 0 Å². The number of nitrogens with one attached hydrogen (secondary N) is 1. The predicted octanol–water partition coefficient (Wildman–Crippen LogP) is 0.866. The van der Waals surface area contributed by atoms with Crippen LogP contribution in [0.15, 0.2) is 0 Å². The van der Waals surface area contributed by atoms with Gasteiger partial charge in [-0.3, -0.25) is 0 Å². The first kappa shape index (κ1) is 8.02. The van der Waals surface area contributed by atoms with Gasteiger partial charge in [-0.2, -0.15) is 0 Å². The highest BCUT2D eigenvalue weighted by Crippen LogP contribution is 2.16. The summed E-state index contributed by atoms with van der Waals surface area (Å²) in [4.78, 5) is 0. The van der Waals surface area contributed by atoms with Crippen molar-refractivity contribution in [1.29, 1.82) is 0 Å². The van der Waals surface area contributed by atoms with Crippen molar-refractivity contribution in [2.75, 3.05) is 6.54 Å². The zero-order valence-electron chi connectivity index (χ0n) is 6.77. The molecule has 2 unspecified atom stereocenters. The number of nitrogens with two attached hydrogens (primary N) is 1. The molecule has 0 amide bonds. The van der Waals surface area contributed by atoms with Crippen molar-refractivity contribution < 1.29 is 0 Å². The topological polar surface area (TPSA) is 38.0 Å². The minimum atomic E-state index is 0.423. The summed E-state index contributed by atoms with van der Waals surface area (Å²) in [5.41, 5.74) is 5.86. The first-order valence-electron chi connectivity index (χ1n) is 4.33. The van der Waals surface area contributed by atoms with Crippen LogP contribution < -0.4 is 11.1 Å². The first-order chi connectivity index (χ1) is 4.84. The third-order valence-corrected chi connectivity index (χ3v) is 2.23. The van der Waals surface area contributed by atoms with E-state index in [4.69, 9.17) is 5.73 Å². The maximum absolute atomic E-state index is 5.86. The highest BCUT2D eigenvalue weighted by molar-refractivity contribution is 4.85. The third kappa shape index (κ3) is 1.96. The van der Waals surface area contributed by atoms with E-state index in [0.717, 1.165) is 6.54 Å². The quantitative estimate of drug-likeness (QED) is 0.613. The largest absolute Gasteiger partial charge is 0.326 e. The van der Waals surface area contributed by atoms with Gasteiger partial charge in [-0.15, -0.1) is 0 Å². The highest BCUT2D eigenvalue weighted by Gasteiger charge is 2.22. The molecule has 0 aromatic carbocycles. The normalized spacial score (nSPS) is 33.0. The fourth-order valence-electron chi connectivity index (χ4n) is 1.57. The van der Waals surface area contributed by atoms with Crippen LogP contribution in [0.3, 0.4) is 0 Å². The molecular formula is C8H18N2. The maximum atomic E-state index is 5.86. The van der Waals surface area contributed by atoms with Gasteiger partial charge in [0.15, 0.2) is 0 Å². The molecule has 1 rings (SSSR count). The molecule has 0 heterocycles. The average Bonchev–Trinajstić information content (AvgIpc) is 2.31. The number of rotatable bonds is 3. The zero-order valence-corrected chi connectivity index (χ0v) is 6.77. The molecule has 2 nitrogen and oxygen atoms in total. The van der Waals surface area contributed by atoms with Crippen LogP contribution in [-0.4, -0.2) is 18.6 Å². The summed E-state index contributed by atoms with van der Waals surface area (Å²) in [6.07, 6.45) is 5.01. The van der Waals surface area contributed by atoms with Crippen LogP contribution in [0.1, 0.15) is 32.6 Å². The standard InChI is InChI=1S/C8H18N2/c1-2-6-10-8-5-3-4-7(8)9/h7-8,10H,2-6,9H2,1H3. The van der Waals surface area contributed by atoms with E-state index in [0.29, 0.717) is 12.1 Å². The molecule has 10 heavy (non-hydrogen) atoms. The second-order valence-corrected chi connectivity index (χ2v) is 3.16. The fourth-order valence-corrected chi connectivity index (χ4v) is 1.57. The van der Waals surface area contributed by atoms with E-state index in [9.17, 15) is 0 Å². The van der Waals surface area contributed by atoms with Gasteiger partial charge in [-0.05, 0) is 25.8 Å². The van der Waals surface area contributed by atoms with E-state index in [-0.39, 0.29) is 0 Å². The number of hydrogen-bond donors (Lipinski definition) is 2. The van der Waals surface area contributed by atoms with Gasteiger partial charge in [0.1, 0.15) is 0 Å². The summed E-state index contributed by atoms with van der Waals surface area (Å²) < 4.78 is 0. The summed E-state index contributed by atoms with van der Waals surface area (Å²) >= 11 is 0. The SMILES string of the molecule is CCCNC1CCCC1N. The minimum absolute atomic E-state index is 0.423. The summed E-state index contributed by atoms with van der Waals surface area (Å²) in [6, 6.07) is 1.03. The Hall–Kier alpha value is -0.0800. The van der Waals surface area contributed by atoms with E-state index in [1.165, 1.54) is 25.7 Å². The van der Waals surface area contributed by atoms with Gasteiger partial charge in [-0.25, -0.2) is 0 Å². The van der Waals surface area contributed by atoms with Gasteiger partial charge in [0.05, 0.1) is 0 Å². The Labute approximate surface area is 63.2 Å². The first-order valence-corrected chi connectivity index (χ1v) is 4.33. The molecule has 0 saturated heterocycles. The van der Waals surface area contributed by atoms with E-state index >= 15 is 0 Å². The van der Waals surface area contributed by atoms with Crippen LogP contribution >= 0.6 is 0 Å². The summed E-state index contributed by atoms with van der Waals surface area (Å²) in [6.45, 7) is 3.31. The second kappa shape index (κ2) is 3.94. The van der Waals surface area contributed by atoms with E-state index < -0.39 is 0 Å². The van der Waals surface area contributed by atoms with Gasteiger partial charge < -0.3 is 11.1 Å². The molecule has 3 N–H and O–H groups in total. The van der Waals surface area contributed by atoms with E-state index in [1.807, 2.05) is 0 Å². The molecule has 0 aromatic heterocycles. The molecule has 1 fully saturated rings. The minimum Gasteiger partial charge on any atom is -0.326 e. The molecule has 0 spiro atoms. The van der Waals surface area contributed by atoms with Gasteiger partial charge in [0, 0.05) is 12.1 Å². The second-order valence-electron chi connectivity index (χ2n) is 3.16. The third-order valence-electron chi connectivity index (χ3n) is 2.23. The molecule has 1 aliphatic carbocycles. The van der Waals surface area contributed by atoms with Crippen LogP contribution in [0.5, 0.6) is 0 Å². The Morgan fingerprint density at radius 1 is 1.50 bits per heavy atom. The lowest BCUT2D eigenvalue weighted by Gasteiger charge is -2.15. The van der Waals surface area contributed by atoms with Crippen LogP contribution in [0, 0.1) is 0 Å². The lowest BCUT2D eigenvalue weighted by molar-refractivity contribution is 0.476. The molecule has 2 atom stereocenters. The van der Waals surface area contributed by atoms with Crippen molar-refractivity contribution in [2.24, 2.45) is 5.73 Å².